The van der Waals surface area contributed by atoms with Crippen molar-refractivity contribution in [2.45, 2.75) is 19.3 Å². The minimum absolute atomic E-state index is 0.0558. The van der Waals surface area contributed by atoms with Crippen molar-refractivity contribution in [3.05, 3.63) is 101 Å². The van der Waals surface area contributed by atoms with Gasteiger partial charge in [-0.15, -0.1) is 0 Å². The van der Waals surface area contributed by atoms with Gasteiger partial charge in [0.1, 0.15) is 5.75 Å². The van der Waals surface area contributed by atoms with E-state index in [1.54, 1.807) is 36.4 Å². The zero-order valence-electron chi connectivity index (χ0n) is 14.6. The van der Waals surface area contributed by atoms with Gasteiger partial charge in [-0.3, -0.25) is 9.59 Å². The number of aromatic hydroxyl groups is 1. The van der Waals surface area contributed by atoms with Gasteiger partial charge in [0.2, 0.25) is 0 Å². The Balaban J connectivity index is 1.97. The molecule has 26 heavy (non-hydrogen) atoms. The van der Waals surface area contributed by atoms with Crippen molar-refractivity contribution < 1.29 is 14.7 Å². The number of hydrogen-bond donors (Lipinski definition) is 1. The molecule has 0 saturated heterocycles. The van der Waals surface area contributed by atoms with Gasteiger partial charge in [0, 0.05) is 12.0 Å². The monoisotopic (exact) mass is 344 g/mol. The van der Waals surface area contributed by atoms with Crippen LogP contribution in [0.4, 0.5) is 0 Å². The summed E-state index contributed by atoms with van der Waals surface area (Å²) < 4.78 is 0. The standard InChI is InChI=1S/C23H20O3/c1-16-12-13-21(24)20(14-16)23(26)19(17-8-4-2-5-9-17)15-22(25)18-10-6-3-7-11-18/h2-14,19,24H,15H2,1H3. The summed E-state index contributed by atoms with van der Waals surface area (Å²) in [6, 6.07) is 23.1. The van der Waals surface area contributed by atoms with Crippen LogP contribution in [0.25, 0.3) is 0 Å². The van der Waals surface area contributed by atoms with Crippen molar-refractivity contribution in [3.8, 4) is 5.75 Å². The second kappa shape index (κ2) is 7.79. The molecule has 0 aliphatic heterocycles. The van der Waals surface area contributed by atoms with Crippen molar-refractivity contribution >= 4 is 11.6 Å². The Labute approximate surface area is 152 Å². The second-order valence-corrected chi connectivity index (χ2v) is 6.34. The number of carbonyl (C=O) groups is 2. The Morgan fingerprint density at radius 3 is 2.15 bits per heavy atom. The van der Waals surface area contributed by atoms with E-state index in [2.05, 4.69) is 0 Å². The van der Waals surface area contributed by atoms with Crippen molar-refractivity contribution in [3.63, 3.8) is 0 Å². The van der Waals surface area contributed by atoms with E-state index in [0.29, 0.717) is 5.56 Å². The quantitative estimate of drug-likeness (QED) is 0.644. The fraction of sp³-hybridized carbons (Fsp3) is 0.130. The minimum atomic E-state index is -0.642. The minimum Gasteiger partial charge on any atom is -0.507 e. The SMILES string of the molecule is Cc1ccc(O)c(C(=O)C(CC(=O)c2ccccc2)c2ccccc2)c1. The van der Waals surface area contributed by atoms with Crippen LogP contribution in [0.1, 0.15) is 44.2 Å². The predicted molar refractivity (Wildman–Crippen MR) is 102 cm³/mol. The molecule has 0 saturated carbocycles. The maximum atomic E-state index is 13.2. The first-order chi connectivity index (χ1) is 12.6. The number of Topliss-reactive ketones (excluding diaryl/α,β-unsaturated/α-hetero) is 2. The van der Waals surface area contributed by atoms with E-state index in [4.69, 9.17) is 0 Å². The first-order valence-electron chi connectivity index (χ1n) is 8.53. The fourth-order valence-corrected chi connectivity index (χ4v) is 3.01. The van der Waals surface area contributed by atoms with Gasteiger partial charge >= 0.3 is 0 Å². The molecule has 130 valence electrons. The summed E-state index contributed by atoms with van der Waals surface area (Å²) in [6.07, 6.45) is 0.0558. The lowest BCUT2D eigenvalue weighted by atomic mass is 9.85. The Kier molecular flexibility index (Phi) is 5.28. The lowest BCUT2D eigenvalue weighted by Gasteiger charge is -2.17. The number of rotatable bonds is 6. The molecule has 1 atom stereocenters. The van der Waals surface area contributed by atoms with Crippen LogP contribution in [-0.2, 0) is 0 Å². The average molecular weight is 344 g/mol. The summed E-state index contributed by atoms with van der Waals surface area (Å²) in [5.74, 6) is -1.05. The van der Waals surface area contributed by atoms with E-state index in [1.165, 1.54) is 6.07 Å². The number of phenols is 1. The van der Waals surface area contributed by atoms with Gasteiger partial charge in [0.25, 0.3) is 0 Å². The molecule has 0 aliphatic carbocycles. The number of ketones is 2. The third-order valence-electron chi connectivity index (χ3n) is 4.42. The smallest absolute Gasteiger partial charge is 0.174 e. The van der Waals surface area contributed by atoms with E-state index in [0.717, 1.165) is 11.1 Å². The van der Waals surface area contributed by atoms with Crippen molar-refractivity contribution in [1.82, 2.24) is 0 Å². The number of aryl methyl sites for hydroxylation is 1. The summed E-state index contributed by atoms with van der Waals surface area (Å²) in [5, 5.41) is 10.1. The largest absolute Gasteiger partial charge is 0.507 e. The Hall–Kier alpha value is -3.20. The molecule has 0 amide bonds. The van der Waals surface area contributed by atoms with Gasteiger partial charge in [-0.25, -0.2) is 0 Å². The summed E-state index contributed by atoms with van der Waals surface area (Å²) >= 11 is 0. The second-order valence-electron chi connectivity index (χ2n) is 6.34. The van der Waals surface area contributed by atoms with Crippen LogP contribution >= 0.6 is 0 Å². The number of carbonyl (C=O) groups excluding carboxylic acids is 2. The van der Waals surface area contributed by atoms with Crippen LogP contribution in [0.5, 0.6) is 5.75 Å². The zero-order chi connectivity index (χ0) is 18.5. The molecule has 0 aliphatic rings. The van der Waals surface area contributed by atoms with Crippen LogP contribution in [0, 0.1) is 6.92 Å². The Bertz CT molecular complexity index is 915. The lowest BCUT2D eigenvalue weighted by Crippen LogP contribution is -2.17. The maximum Gasteiger partial charge on any atom is 0.174 e. The highest BCUT2D eigenvalue weighted by atomic mass is 16.3. The van der Waals surface area contributed by atoms with Gasteiger partial charge < -0.3 is 5.11 Å². The molecule has 0 radical (unpaired) electrons. The first kappa shape index (κ1) is 17.6. The molecule has 0 spiro atoms. The number of hydrogen-bond acceptors (Lipinski definition) is 3. The third kappa shape index (κ3) is 3.89. The molecule has 0 bridgehead atoms. The maximum absolute atomic E-state index is 13.2. The van der Waals surface area contributed by atoms with E-state index in [-0.39, 0.29) is 29.3 Å². The molecule has 3 nitrogen and oxygen atoms in total. The number of benzene rings is 3. The van der Waals surface area contributed by atoms with Crippen LogP contribution in [0.2, 0.25) is 0 Å². The molecule has 3 rings (SSSR count). The van der Waals surface area contributed by atoms with Gasteiger partial charge in [0.15, 0.2) is 11.6 Å². The van der Waals surface area contributed by atoms with Gasteiger partial charge in [0.05, 0.1) is 11.5 Å². The van der Waals surface area contributed by atoms with Gasteiger partial charge in [-0.05, 0) is 24.6 Å². The average Bonchev–Trinajstić information content (AvgIpc) is 2.68. The molecule has 1 unspecified atom stereocenters. The summed E-state index contributed by atoms with van der Waals surface area (Å²) in [6.45, 7) is 1.86. The van der Waals surface area contributed by atoms with Crippen LogP contribution < -0.4 is 0 Å². The Morgan fingerprint density at radius 1 is 0.885 bits per heavy atom. The van der Waals surface area contributed by atoms with Gasteiger partial charge in [-0.2, -0.15) is 0 Å². The zero-order valence-corrected chi connectivity index (χ0v) is 14.6. The van der Waals surface area contributed by atoms with Crippen LogP contribution in [0.3, 0.4) is 0 Å². The first-order valence-corrected chi connectivity index (χ1v) is 8.53. The highest BCUT2D eigenvalue weighted by Gasteiger charge is 2.27. The highest BCUT2D eigenvalue weighted by Crippen LogP contribution is 2.30. The molecule has 3 aromatic carbocycles. The molecule has 0 aromatic heterocycles. The lowest BCUT2D eigenvalue weighted by molar-refractivity contribution is 0.0891. The van der Waals surface area contributed by atoms with E-state index >= 15 is 0 Å². The van der Waals surface area contributed by atoms with E-state index < -0.39 is 5.92 Å². The summed E-state index contributed by atoms with van der Waals surface area (Å²) in [5.41, 5.74) is 2.48. The van der Waals surface area contributed by atoms with E-state index in [9.17, 15) is 14.7 Å². The normalized spacial score (nSPS) is 11.7. The molecule has 1 N–H and O–H groups in total. The van der Waals surface area contributed by atoms with Crippen LogP contribution in [0.15, 0.2) is 78.9 Å². The van der Waals surface area contributed by atoms with Crippen LogP contribution in [-0.4, -0.2) is 16.7 Å². The third-order valence-corrected chi connectivity index (χ3v) is 4.42. The molecule has 0 fully saturated rings. The van der Waals surface area contributed by atoms with Crippen molar-refractivity contribution in [1.29, 1.82) is 0 Å². The molecular weight excluding hydrogens is 324 g/mol. The number of phenolic OH excluding ortho intramolecular Hbond substituents is 1. The van der Waals surface area contributed by atoms with Crippen molar-refractivity contribution in [2.24, 2.45) is 0 Å². The fourth-order valence-electron chi connectivity index (χ4n) is 3.01. The molecular formula is C23H20O3. The van der Waals surface area contributed by atoms with E-state index in [1.807, 2.05) is 43.3 Å². The summed E-state index contributed by atoms with van der Waals surface area (Å²) in [7, 11) is 0. The topological polar surface area (TPSA) is 54.4 Å². The Morgan fingerprint density at radius 2 is 1.50 bits per heavy atom. The van der Waals surface area contributed by atoms with Gasteiger partial charge in [-0.1, -0.05) is 72.3 Å². The van der Waals surface area contributed by atoms with Crippen molar-refractivity contribution in [2.75, 3.05) is 0 Å². The predicted octanol–water partition coefficient (Wildman–Crippen LogP) is 4.94. The summed E-state index contributed by atoms with van der Waals surface area (Å²) in [4.78, 5) is 25.9. The molecule has 3 aromatic rings. The highest BCUT2D eigenvalue weighted by molar-refractivity contribution is 6.07. The molecule has 0 heterocycles. The molecule has 3 heteroatoms.